The average molecular weight is 403 g/mol. The van der Waals surface area contributed by atoms with Crippen LogP contribution < -0.4 is 14.9 Å². The van der Waals surface area contributed by atoms with Crippen molar-refractivity contribution in [3.05, 3.63) is 75.7 Å². The number of allylic oxidation sites excluding steroid dienone is 1. The van der Waals surface area contributed by atoms with Crippen molar-refractivity contribution in [2.45, 2.75) is 13.0 Å². The van der Waals surface area contributed by atoms with Crippen LogP contribution in [0.5, 0.6) is 0 Å². The number of fused-ring (bicyclic) bond motifs is 1. The third-order valence-corrected chi connectivity index (χ3v) is 6.78. The first-order valence-corrected chi connectivity index (χ1v) is 10.4. The first kappa shape index (κ1) is 17.1. The number of esters is 1. The summed E-state index contributed by atoms with van der Waals surface area (Å²) in [6.45, 7) is 1.78. The smallest absolute Gasteiger partial charge is 0.338 e. The van der Waals surface area contributed by atoms with Crippen molar-refractivity contribution in [1.29, 1.82) is 0 Å². The molecule has 5 nitrogen and oxygen atoms in total. The zero-order valence-electron chi connectivity index (χ0n) is 14.0. The van der Waals surface area contributed by atoms with Crippen LogP contribution in [0.15, 0.2) is 56.1 Å². The summed E-state index contributed by atoms with van der Waals surface area (Å²) >= 11 is 4.41. The van der Waals surface area contributed by atoms with Crippen LogP contribution in [0.2, 0.25) is 0 Å². The van der Waals surface area contributed by atoms with E-state index >= 15 is 0 Å². The average Bonchev–Trinajstić information content (AvgIpc) is 3.37. The summed E-state index contributed by atoms with van der Waals surface area (Å²) in [5, 5.41) is 3.90. The highest BCUT2D eigenvalue weighted by atomic mass is 32.1. The summed E-state index contributed by atoms with van der Waals surface area (Å²) in [6.07, 6.45) is 1.87. The van der Waals surface area contributed by atoms with Gasteiger partial charge in [0, 0.05) is 9.75 Å². The molecule has 132 valence electrons. The zero-order chi connectivity index (χ0) is 18.3. The fraction of sp³-hybridized carbons (Fsp3) is 0.167. The van der Waals surface area contributed by atoms with Crippen molar-refractivity contribution in [1.82, 2.24) is 4.57 Å². The Bertz CT molecular complexity index is 1170. The summed E-state index contributed by atoms with van der Waals surface area (Å²) in [4.78, 5) is 32.6. The highest BCUT2D eigenvalue weighted by molar-refractivity contribution is 7.11. The number of hydrogen-bond donors (Lipinski definition) is 0. The van der Waals surface area contributed by atoms with Crippen molar-refractivity contribution in [3.8, 4) is 0 Å². The lowest BCUT2D eigenvalue weighted by Crippen LogP contribution is -2.39. The molecule has 0 fully saturated rings. The second-order valence-corrected chi connectivity index (χ2v) is 8.57. The highest BCUT2D eigenvalue weighted by Crippen LogP contribution is 2.32. The molecule has 1 aliphatic heterocycles. The largest absolute Gasteiger partial charge is 0.466 e. The minimum absolute atomic E-state index is 0.144. The lowest BCUT2D eigenvalue weighted by Gasteiger charge is -2.22. The second-order valence-electron chi connectivity index (χ2n) is 5.60. The number of methoxy groups -OCH3 is 1. The van der Waals surface area contributed by atoms with Crippen LogP contribution in [0.25, 0.3) is 6.08 Å². The Labute approximate surface area is 160 Å². The van der Waals surface area contributed by atoms with E-state index < -0.39 is 12.0 Å². The maximum Gasteiger partial charge on any atom is 0.338 e. The zero-order valence-corrected chi connectivity index (χ0v) is 16.4. The highest BCUT2D eigenvalue weighted by Gasteiger charge is 2.33. The van der Waals surface area contributed by atoms with E-state index in [0.29, 0.717) is 20.6 Å². The first-order chi connectivity index (χ1) is 12.6. The number of ether oxygens (including phenoxy) is 1. The van der Waals surface area contributed by atoms with Crippen molar-refractivity contribution in [2.24, 2.45) is 4.99 Å². The lowest BCUT2D eigenvalue weighted by molar-refractivity contribution is -0.136. The Morgan fingerprint density at radius 1 is 1.27 bits per heavy atom. The Hall–Kier alpha value is -2.29. The molecule has 3 aromatic rings. The van der Waals surface area contributed by atoms with Crippen LogP contribution in [0.1, 0.15) is 22.7 Å². The molecule has 0 aromatic carbocycles. The first-order valence-electron chi connectivity index (χ1n) is 7.78. The van der Waals surface area contributed by atoms with Gasteiger partial charge in [-0.2, -0.15) is 0 Å². The minimum Gasteiger partial charge on any atom is -0.466 e. The number of carbonyl (C=O) groups is 1. The van der Waals surface area contributed by atoms with E-state index in [9.17, 15) is 9.59 Å². The van der Waals surface area contributed by atoms with E-state index in [1.54, 1.807) is 22.8 Å². The molecule has 0 N–H and O–H groups in total. The van der Waals surface area contributed by atoms with Crippen LogP contribution in [0.4, 0.5) is 0 Å². The molecular formula is C18H14N2O3S3. The monoisotopic (exact) mass is 402 g/mol. The Morgan fingerprint density at radius 3 is 2.69 bits per heavy atom. The van der Waals surface area contributed by atoms with Gasteiger partial charge >= 0.3 is 5.97 Å². The number of thiophene rings is 2. The van der Waals surface area contributed by atoms with E-state index in [2.05, 4.69) is 4.99 Å². The quantitative estimate of drug-likeness (QED) is 0.633. The number of aromatic nitrogens is 1. The molecule has 0 aliphatic carbocycles. The molecule has 1 aliphatic rings. The molecule has 0 saturated heterocycles. The molecule has 4 rings (SSSR count). The van der Waals surface area contributed by atoms with Crippen LogP contribution in [-0.2, 0) is 9.53 Å². The van der Waals surface area contributed by atoms with Crippen LogP contribution in [-0.4, -0.2) is 17.6 Å². The van der Waals surface area contributed by atoms with Crippen LogP contribution in [0, 0.1) is 0 Å². The van der Waals surface area contributed by atoms with Gasteiger partial charge < -0.3 is 4.74 Å². The summed E-state index contributed by atoms with van der Waals surface area (Å²) in [6, 6.07) is 7.23. The summed E-state index contributed by atoms with van der Waals surface area (Å²) in [5.74, 6) is -0.461. The summed E-state index contributed by atoms with van der Waals surface area (Å²) in [5.41, 5.74) is 0.846. The van der Waals surface area contributed by atoms with Gasteiger partial charge in [-0.15, -0.1) is 22.7 Å². The van der Waals surface area contributed by atoms with Crippen molar-refractivity contribution >= 4 is 46.1 Å². The van der Waals surface area contributed by atoms with Gasteiger partial charge in [0.1, 0.15) is 6.04 Å². The normalized spacial score (nSPS) is 17.2. The van der Waals surface area contributed by atoms with E-state index in [1.165, 1.54) is 29.8 Å². The molecule has 0 spiro atoms. The van der Waals surface area contributed by atoms with Crippen molar-refractivity contribution < 1.29 is 9.53 Å². The second kappa shape index (κ2) is 6.79. The van der Waals surface area contributed by atoms with Gasteiger partial charge in [0.2, 0.25) is 0 Å². The molecular weight excluding hydrogens is 388 g/mol. The summed E-state index contributed by atoms with van der Waals surface area (Å²) in [7, 11) is 1.34. The van der Waals surface area contributed by atoms with E-state index in [0.717, 1.165) is 9.75 Å². The maximum atomic E-state index is 13.1. The van der Waals surface area contributed by atoms with E-state index in [1.807, 2.05) is 41.1 Å². The van der Waals surface area contributed by atoms with Gasteiger partial charge in [-0.3, -0.25) is 9.36 Å². The lowest BCUT2D eigenvalue weighted by atomic mass is 10.0. The number of rotatable bonds is 3. The summed E-state index contributed by atoms with van der Waals surface area (Å²) < 4.78 is 7.17. The predicted molar refractivity (Wildman–Crippen MR) is 104 cm³/mol. The van der Waals surface area contributed by atoms with Gasteiger partial charge in [-0.05, 0) is 35.9 Å². The number of carbonyl (C=O) groups excluding carboxylic acids is 1. The fourth-order valence-electron chi connectivity index (χ4n) is 2.91. The molecule has 0 unspecified atom stereocenters. The topological polar surface area (TPSA) is 60.7 Å². The Morgan fingerprint density at radius 2 is 2.04 bits per heavy atom. The Balaban J connectivity index is 2.00. The third kappa shape index (κ3) is 2.80. The molecule has 8 heteroatoms. The predicted octanol–water partition coefficient (Wildman–Crippen LogP) is 2.53. The maximum absolute atomic E-state index is 13.1. The van der Waals surface area contributed by atoms with Crippen molar-refractivity contribution in [3.63, 3.8) is 0 Å². The van der Waals surface area contributed by atoms with E-state index in [-0.39, 0.29) is 5.56 Å². The molecule has 1 atom stereocenters. The van der Waals surface area contributed by atoms with Crippen molar-refractivity contribution in [2.75, 3.05) is 7.11 Å². The molecule has 26 heavy (non-hydrogen) atoms. The SMILES string of the molecule is COC(=O)C1=C(C)N=c2s/c(=C\c3cccs3)c(=O)n2[C@H]1c1cccs1. The number of nitrogens with zero attached hydrogens (tertiary/aromatic N) is 2. The van der Waals surface area contributed by atoms with Gasteiger partial charge in [0.25, 0.3) is 5.56 Å². The molecule has 0 saturated carbocycles. The molecule has 3 aromatic heterocycles. The number of hydrogen-bond acceptors (Lipinski definition) is 7. The standard InChI is InChI=1S/C18H14N2O3S3/c1-10-14(17(22)23-2)15(12-6-4-8-25-12)20-16(21)13(26-18(20)19-10)9-11-5-3-7-24-11/h3-9,15H,1-2H3/b13-9-/t15-/m0/s1. The van der Waals surface area contributed by atoms with Crippen LogP contribution in [0.3, 0.4) is 0 Å². The number of thiazole rings is 1. The van der Waals surface area contributed by atoms with Crippen LogP contribution >= 0.6 is 34.0 Å². The molecule has 0 radical (unpaired) electrons. The fourth-order valence-corrected chi connectivity index (χ4v) is 5.50. The molecule has 0 bridgehead atoms. The van der Waals surface area contributed by atoms with Gasteiger partial charge in [-0.1, -0.05) is 23.5 Å². The van der Waals surface area contributed by atoms with E-state index in [4.69, 9.17) is 4.74 Å². The molecule has 4 heterocycles. The van der Waals surface area contributed by atoms with Gasteiger partial charge in [0.15, 0.2) is 4.80 Å². The van der Waals surface area contributed by atoms with Gasteiger partial charge in [0.05, 0.1) is 22.9 Å². The third-order valence-electron chi connectivity index (χ3n) is 4.06. The minimum atomic E-state index is -0.510. The van der Waals surface area contributed by atoms with Gasteiger partial charge in [-0.25, -0.2) is 9.79 Å². The Kier molecular flexibility index (Phi) is 4.47. The molecule has 0 amide bonds.